The lowest BCUT2D eigenvalue weighted by atomic mass is 9.96. The standard InChI is InChI=1S/C28H27N3O5S/c1-16-26(17-9-10-20(32-2)21(12-17)33-3)27(18-13-22(34-4)28(36-6)23(14-18)35-5)31-25(29-16)15-19(30-31)24-8-7-11-37-24/h7-15H,1-6H3. The maximum absolute atomic E-state index is 5.67. The fourth-order valence-electron chi connectivity index (χ4n) is 4.49. The van der Waals surface area contributed by atoms with Crippen LogP contribution in [0.25, 0.3) is 38.6 Å². The summed E-state index contributed by atoms with van der Waals surface area (Å²) in [5.41, 5.74) is 5.87. The van der Waals surface area contributed by atoms with Gasteiger partial charge in [0, 0.05) is 22.9 Å². The smallest absolute Gasteiger partial charge is 0.203 e. The van der Waals surface area contributed by atoms with Gasteiger partial charge in [0.05, 0.1) is 46.1 Å². The van der Waals surface area contributed by atoms with E-state index in [0.29, 0.717) is 28.7 Å². The molecule has 0 aliphatic heterocycles. The second-order valence-corrected chi connectivity index (χ2v) is 9.13. The van der Waals surface area contributed by atoms with E-state index in [1.54, 1.807) is 46.9 Å². The molecule has 3 aromatic heterocycles. The molecule has 9 heteroatoms. The monoisotopic (exact) mass is 517 g/mol. The zero-order valence-corrected chi connectivity index (χ0v) is 22.3. The molecule has 0 aliphatic carbocycles. The van der Waals surface area contributed by atoms with Gasteiger partial charge in [-0.05, 0) is 48.2 Å². The van der Waals surface area contributed by atoms with Gasteiger partial charge in [0.2, 0.25) is 5.75 Å². The largest absolute Gasteiger partial charge is 0.493 e. The molecule has 2 aromatic carbocycles. The molecule has 37 heavy (non-hydrogen) atoms. The second-order valence-electron chi connectivity index (χ2n) is 8.18. The van der Waals surface area contributed by atoms with E-state index in [2.05, 4.69) is 0 Å². The predicted octanol–water partition coefficient (Wildman–Crippen LogP) is 6.14. The minimum Gasteiger partial charge on any atom is -0.493 e. The normalized spacial score (nSPS) is 11.0. The highest BCUT2D eigenvalue weighted by Gasteiger charge is 2.23. The number of hydrogen-bond acceptors (Lipinski definition) is 8. The topological polar surface area (TPSA) is 76.3 Å². The molecule has 0 bridgehead atoms. The number of nitrogens with zero attached hydrogens (tertiary/aromatic N) is 3. The number of thiophene rings is 1. The van der Waals surface area contributed by atoms with Crippen LogP contribution in [-0.4, -0.2) is 50.1 Å². The van der Waals surface area contributed by atoms with Gasteiger partial charge in [0.1, 0.15) is 5.69 Å². The van der Waals surface area contributed by atoms with E-state index < -0.39 is 0 Å². The average molecular weight is 518 g/mol. The van der Waals surface area contributed by atoms with Crippen molar-refractivity contribution in [2.75, 3.05) is 35.5 Å². The van der Waals surface area contributed by atoms with Crippen LogP contribution in [0, 0.1) is 6.92 Å². The third-order valence-electron chi connectivity index (χ3n) is 6.17. The van der Waals surface area contributed by atoms with Crippen molar-refractivity contribution in [3.63, 3.8) is 0 Å². The Kier molecular flexibility index (Phi) is 6.62. The van der Waals surface area contributed by atoms with E-state index in [0.717, 1.165) is 44.3 Å². The third-order valence-corrected chi connectivity index (χ3v) is 7.06. The minimum absolute atomic E-state index is 0.517. The Bertz CT molecular complexity index is 1550. The molecule has 0 amide bonds. The molecule has 3 heterocycles. The van der Waals surface area contributed by atoms with Crippen LogP contribution in [0.5, 0.6) is 28.7 Å². The molecule has 8 nitrogen and oxygen atoms in total. The van der Waals surface area contributed by atoms with Crippen molar-refractivity contribution in [3.05, 3.63) is 59.6 Å². The second kappa shape index (κ2) is 10.0. The molecule has 0 atom stereocenters. The number of ether oxygens (including phenoxy) is 5. The van der Waals surface area contributed by atoms with Crippen LogP contribution < -0.4 is 23.7 Å². The average Bonchev–Trinajstić information content (AvgIpc) is 3.61. The van der Waals surface area contributed by atoms with Crippen molar-refractivity contribution in [2.24, 2.45) is 0 Å². The quantitative estimate of drug-likeness (QED) is 0.245. The maximum atomic E-state index is 5.67. The molecule has 0 N–H and O–H groups in total. The van der Waals surface area contributed by atoms with Gasteiger partial charge < -0.3 is 23.7 Å². The number of hydrogen-bond donors (Lipinski definition) is 0. The van der Waals surface area contributed by atoms with Crippen molar-refractivity contribution >= 4 is 17.0 Å². The molecular weight excluding hydrogens is 490 g/mol. The lowest BCUT2D eigenvalue weighted by Crippen LogP contribution is -2.04. The fourth-order valence-corrected chi connectivity index (χ4v) is 5.17. The first-order valence-corrected chi connectivity index (χ1v) is 12.4. The van der Waals surface area contributed by atoms with Crippen LogP contribution in [0.3, 0.4) is 0 Å². The fraction of sp³-hybridized carbons (Fsp3) is 0.214. The summed E-state index contributed by atoms with van der Waals surface area (Å²) in [6.07, 6.45) is 0. The lowest BCUT2D eigenvalue weighted by Gasteiger charge is -2.19. The number of benzene rings is 2. The van der Waals surface area contributed by atoms with Gasteiger partial charge in [0.25, 0.3) is 0 Å². The summed E-state index contributed by atoms with van der Waals surface area (Å²) in [6, 6.07) is 15.7. The molecule has 0 saturated carbocycles. The number of rotatable bonds is 8. The lowest BCUT2D eigenvalue weighted by molar-refractivity contribution is 0.324. The molecule has 0 saturated heterocycles. The molecule has 0 spiro atoms. The zero-order chi connectivity index (χ0) is 26.1. The van der Waals surface area contributed by atoms with Crippen molar-refractivity contribution in [3.8, 4) is 61.7 Å². The van der Waals surface area contributed by atoms with Crippen molar-refractivity contribution in [2.45, 2.75) is 6.92 Å². The van der Waals surface area contributed by atoms with Crippen molar-refractivity contribution < 1.29 is 23.7 Å². The van der Waals surface area contributed by atoms with Crippen LogP contribution >= 0.6 is 11.3 Å². The highest BCUT2D eigenvalue weighted by molar-refractivity contribution is 7.13. The van der Waals surface area contributed by atoms with Gasteiger partial charge in [-0.25, -0.2) is 9.50 Å². The van der Waals surface area contributed by atoms with Crippen LogP contribution in [-0.2, 0) is 0 Å². The Morgan fingerprint density at radius 1 is 0.730 bits per heavy atom. The van der Waals surface area contributed by atoms with Crippen molar-refractivity contribution in [1.82, 2.24) is 14.6 Å². The van der Waals surface area contributed by atoms with E-state index in [4.69, 9.17) is 33.8 Å². The Hall–Kier alpha value is -4.24. The van der Waals surface area contributed by atoms with Gasteiger partial charge in [-0.1, -0.05) is 12.1 Å². The molecular formula is C28H27N3O5S. The summed E-state index contributed by atoms with van der Waals surface area (Å²) in [7, 11) is 8.04. The number of aromatic nitrogens is 3. The van der Waals surface area contributed by atoms with Gasteiger partial charge in [-0.15, -0.1) is 11.3 Å². The first kappa shape index (κ1) is 24.5. The van der Waals surface area contributed by atoms with E-state index in [1.807, 2.05) is 65.4 Å². The Balaban J connectivity index is 1.87. The highest BCUT2D eigenvalue weighted by atomic mass is 32.1. The van der Waals surface area contributed by atoms with Gasteiger partial charge >= 0.3 is 0 Å². The minimum atomic E-state index is 0.517. The number of methoxy groups -OCH3 is 5. The van der Waals surface area contributed by atoms with E-state index in [9.17, 15) is 0 Å². The van der Waals surface area contributed by atoms with Gasteiger partial charge in [0.15, 0.2) is 28.6 Å². The first-order chi connectivity index (χ1) is 18.0. The van der Waals surface area contributed by atoms with E-state index in [-0.39, 0.29) is 0 Å². The van der Waals surface area contributed by atoms with Gasteiger partial charge in [-0.2, -0.15) is 5.10 Å². The molecule has 0 unspecified atom stereocenters. The molecule has 0 fully saturated rings. The summed E-state index contributed by atoms with van der Waals surface area (Å²) in [5, 5.41) is 7.02. The summed E-state index contributed by atoms with van der Waals surface area (Å²) in [4.78, 5) is 5.99. The third kappa shape index (κ3) is 4.21. The Morgan fingerprint density at radius 2 is 1.41 bits per heavy atom. The molecule has 0 radical (unpaired) electrons. The summed E-state index contributed by atoms with van der Waals surface area (Å²) in [5.74, 6) is 2.87. The molecule has 5 rings (SSSR count). The summed E-state index contributed by atoms with van der Waals surface area (Å²) in [6.45, 7) is 1.99. The SMILES string of the molecule is COc1ccc(-c2c(C)nc3cc(-c4cccs4)nn3c2-c2cc(OC)c(OC)c(OC)c2)cc1OC. The molecule has 5 aromatic rings. The van der Waals surface area contributed by atoms with Crippen LogP contribution in [0.15, 0.2) is 53.9 Å². The van der Waals surface area contributed by atoms with Crippen LogP contribution in [0.2, 0.25) is 0 Å². The van der Waals surface area contributed by atoms with Crippen molar-refractivity contribution in [1.29, 1.82) is 0 Å². The van der Waals surface area contributed by atoms with E-state index >= 15 is 0 Å². The van der Waals surface area contributed by atoms with Crippen LogP contribution in [0.4, 0.5) is 0 Å². The molecule has 0 aliphatic rings. The highest BCUT2D eigenvalue weighted by Crippen LogP contribution is 2.45. The summed E-state index contributed by atoms with van der Waals surface area (Å²) >= 11 is 1.63. The zero-order valence-electron chi connectivity index (χ0n) is 21.5. The summed E-state index contributed by atoms with van der Waals surface area (Å²) < 4.78 is 29.9. The first-order valence-electron chi connectivity index (χ1n) is 11.5. The number of fused-ring (bicyclic) bond motifs is 1. The maximum Gasteiger partial charge on any atom is 0.203 e. The van der Waals surface area contributed by atoms with Gasteiger partial charge in [-0.3, -0.25) is 0 Å². The Morgan fingerprint density at radius 3 is 2.00 bits per heavy atom. The van der Waals surface area contributed by atoms with E-state index in [1.165, 1.54) is 0 Å². The Labute approximate surface area is 219 Å². The van der Waals surface area contributed by atoms with Crippen LogP contribution in [0.1, 0.15) is 5.69 Å². The predicted molar refractivity (Wildman–Crippen MR) is 145 cm³/mol. The number of aryl methyl sites for hydroxylation is 1. The molecule has 190 valence electrons.